The van der Waals surface area contributed by atoms with Crippen molar-refractivity contribution in [3.63, 3.8) is 0 Å². The Hall–Kier alpha value is -1.49. The van der Waals surface area contributed by atoms with Crippen LogP contribution in [0.2, 0.25) is 10.0 Å². The molecule has 1 atom stereocenters. The summed E-state index contributed by atoms with van der Waals surface area (Å²) in [5.41, 5.74) is 2.73. The maximum Gasteiger partial charge on any atom is 0.248 e. The smallest absolute Gasteiger partial charge is 0.248 e. The number of thioether (sulfide) groups is 1. The molecule has 0 fully saturated rings. The molecule has 122 valence electrons. The van der Waals surface area contributed by atoms with Gasteiger partial charge in [-0.2, -0.15) is 5.10 Å². The molecule has 3 nitrogen and oxygen atoms in total. The molecular weight excluding hydrogens is 363 g/mol. The monoisotopic (exact) mass is 376 g/mol. The molecule has 1 amide bonds. The highest BCUT2D eigenvalue weighted by Crippen LogP contribution is 2.39. The third kappa shape index (κ3) is 2.83. The molecule has 2 aliphatic rings. The van der Waals surface area contributed by atoms with Crippen LogP contribution in [0.1, 0.15) is 18.4 Å². The van der Waals surface area contributed by atoms with Crippen LogP contribution in [0.5, 0.6) is 0 Å². The molecule has 1 unspecified atom stereocenters. The Bertz CT molecular complexity index is 835. The van der Waals surface area contributed by atoms with Gasteiger partial charge in [-0.25, -0.2) is 5.01 Å². The van der Waals surface area contributed by atoms with Crippen molar-refractivity contribution in [2.24, 2.45) is 11.0 Å². The maximum atomic E-state index is 12.6. The van der Waals surface area contributed by atoms with Crippen molar-refractivity contribution in [3.8, 4) is 0 Å². The second-order valence-electron chi connectivity index (χ2n) is 5.82. The van der Waals surface area contributed by atoms with Crippen LogP contribution in [-0.2, 0) is 4.79 Å². The van der Waals surface area contributed by atoms with Gasteiger partial charge in [-0.05, 0) is 42.5 Å². The minimum atomic E-state index is 0.0153. The van der Waals surface area contributed by atoms with E-state index < -0.39 is 0 Å². The highest BCUT2D eigenvalue weighted by molar-refractivity contribution is 7.99. The molecule has 0 saturated carbocycles. The fourth-order valence-electron chi connectivity index (χ4n) is 3.10. The van der Waals surface area contributed by atoms with Gasteiger partial charge in [-0.15, -0.1) is 11.8 Å². The van der Waals surface area contributed by atoms with Gasteiger partial charge in [0.15, 0.2) is 0 Å². The summed E-state index contributed by atoms with van der Waals surface area (Å²) in [5, 5.41) is 7.58. The second kappa shape index (κ2) is 6.43. The Morgan fingerprint density at radius 3 is 2.71 bits per heavy atom. The van der Waals surface area contributed by atoms with Crippen LogP contribution in [0.25, 0.3) is 0 Å². The van der Waals surface area contributed by atoms with E-state index in [4.69, 9.17) is 28.3 Å². The molecule has 2 aromatic carbocycles. The lowest BCUT2D eigenvalue weighted by atomic mass is 9.90. The Morgan fingerprint density at radius 1 is 1.12 bits per heavy atom. The lowest BCUT2D eigenvalue weighted by Gasteiger charge is -2.29. The van der Waals surface area contributed by atoms with E-state index >= 15 is 0 Å². The van der Waals surface area contributed by atoms with Crippen molar-refractivity contribution < 1.29 is 4.79 Å². The molecule has 24 heavy (non-hydrogen) atoms. The largest absolute Gasteiger partial charge is 0.273 e. The highest BCUT2D eigenvalue weighted by Gasteiger charge is 2.34. The van der Waals surface area contributed by atoms with Gasteiger partial charge in [-0.1, -0.05) is 35.3 Å². The molecule has 2 aliphatic heterocycles. The average Bonchev–Trinajstić information content (AvgIpc) is 2.75. The number of carbonyl (C=O) groups excluding carboxylic acids is 1. The number of carbonyl (C=O) groups is 1. The quantitative estimate of drug-likeness (QED) is 0.680. The van der Waals surface area contributed by atoms with Crippen molar-refractivity contribution in [2.45, 2.75) is 17.7 Å². The number of nitrogens with zero attached hydrogens (tertiary/aromatic N) is 2. The molecule has 0 radical (unpaired) electrons. The van der Waals surface area contributed by atoms with Crippen LogP contribution in [0.3, 0.4) is 0 Å². The fraction of sp³-hybridized carbons (Fsp3) is 0.222. The number of rotatable bonds is 1. The molecule has 0 aromatic heterocycles. The number of halogens is 2. The first-order valence-electron chi connectivity index (χ1n) is 7.72. The molecule has 6 heteroatoms. The Labute approximate surface area is 154 Å². The van der Waals surface area contributed by atoms with Crippen molar-refractivity contribution in [1.82, 2.24) is 0 Å². The van der Waals surface area contributed by atoms with Crippen molar-refractivity contribution >= 4 is 52.3 Å². The summed E-state index contributed by atoms with van der Waals surface area (Å²) in [7, 11) is 0. The summed E-state index contributed by atoms with van der Waals surface area (Å²) < 4.78 is 0. The summed E-state index contributed by atoms with van der Waals surface area (Å²) in [5.74, 6) is 1.10. The number of hydrogen-bond acceptors (Lipinski definition) is 3. The maximum absolute atomic E-state index is 12.6. The van der Waals surface area contributed by atoms with E-state index in [1.807, 2.05) is 30.3 Å². The molecule has 4 rings (SSSR count). The van der Waals surface area contributed by atoms with Gasteiger partial charge < -0.3 is 0 Å². The van der Waals surface area contributed by atoms with E-state index in [2.05, 4.69) is 0 Å². The molecule has 0 aliphatic carbocycles. The van der Waals surface area contributed by atoms with Gasteiger partial charge >= 0.3 is 0 Å². The highest BCUT2D eigenvalue weighted by atomic mass is 35.5. The molecule has 0 N–H and O–H groups in total. The number of benzene rings is 2. The molecular formula is C18H14Cl2N2OS. The van der Waals surface area contributed by atoms with Crippen molar-refractivity contribution in [1.29, 1.82) is 0 Å². The van der Waals surface area contributed by atoms with Crippen LogP contribution in [-0.4, -0.2) is 17.4 Å². The van der Waals surface area contributed by atoms with Crippen LogP contribution < -0.4 is 5.01 Å². The van der Waals surface area contributed by atoms with Gasteiger partial charge in [0, 0.05) is 27.8 Å². The van der Waals surface area contributed by atoms with Crippen molar-refractivity contribution in [2.75, 3.05) is 10.8 Å². The van der Waals surface area contributed by atoms with Crippen LogP contribution in [0, 0.1) is 5.92 Å². The predicted octanol–water partition coefficient (Wildman–Crippen LogP) is 5.25. The standard InChI is InChI=1S/C18H14Cl2N2OS/c19-12-4-6-13(7-5-12)22-16(23)10-11-8-9-24-18-14(17(11)21-22)2-1-3-15(18)20/h1-7,11H,8-10H2. The third-order valence-electron chi connectivity index (χ3n) is 4.28. The van der Waals surface area contributed by atoms with E-state index in [0.717, 1.165) is 39.1 Å². The summed E-state index contributed by atoms with van der Waals surface area (Å²) in [4.78, 5) is 13.6. The molecule has 2 aromatic rings. The van der Waals surface area contributed by atoms with E-state index in [1.54, 1.807) is 23.9 Å². The van der Waals surface area contributed by atoms with Crippen LogP contribution in [0.4, 0.5) is 5.69 Å². The van der Waals surface area contributed by atoms with Gasteiger partial charge in [0.25, 0.3) is 0 Å². The number of hydrogen-bond donors (Lipinski definition) is 0. The molecule has 0 spiro atoms. The zero-order valence-corrected chi connectivity index (χ0v) is 15.0. The van der Waals surface area contributed by atoms with Gasteiger partial charge in [0.2, 0.25) is 5.91 Å². The second-order valence-corrected chi connectivity index (χ2v) is 7.77. The lowest BCUT2D eigenvalue weighted by molar-refractivity contribution is -0.119. The summed E-state index contributed by atoms with van der Waals surface area (Å²) in [6.45, 7) is 0. The Balaban J connectivity index is 1.83. The SMILES string of the molecule is O=C1CC2CCSc3c(Cl)cccc3C2=NN1c1ccc(Cl)cc1. The van der Waals surface area contributed by atoms with Gasteiger partial charge in [0.05, 0.1) is 16.4 Å². The summed E-state index contributed by atoms with van der Waals surface area (Å²) in [6.07, 6.45) is 1.39. The van der Waals surface area contributed by atoms with Crippen LogP contribution >= 0.6 is 35.0 Å². The molecule has 0 saturated heterocycles. The van der Waals surface area contributed by atoms with Crippen molar-refractivity contribution in [3.05, 3.63) is 58.1 Å². The molecule has 0 bridgehead atoms. The first-order chi connectivity index (χ1) is 11.6. The Kier molecular flexibility index (Phi) is 4.29. The number of anilines is 1. The zero-order valence-electron chi connectivity index (χ0n) is 12.7. The van der Waals surface area contributed by atoms with Crippen LogP contribution in [0.15, 0.2) is 52.5 Å². The minimum absolute atomic E-state index is 0.0153. The number of amides is 1. The van der Waals surface area contributed by atoms with Gasteiger partial charge in [0.1, 0.15) is 0 Å². The van der Waals surface area contributed by atoms with E-state index in [0.29, 0.717) is 11.4 Å². The average molecular weight is 377 g/mol. The lowest BCUT2D eigenvalue weighted by Crippen LogP contribution is -2.37. The summed E-state index contributed by atoms with van der Waals surface area (Å²) in [6, 6.07) is 13.1. The normalized spacial score (nSPS) is 20.1. The number of hydrazone groups is 1. The van der Waals surface area contributed by atoms with E-state index in [9.17, 15) is 4.79 Å². The minimum Gasteiger partial charge on any atom is -0.273 e. The van der Waals surface area contributed by atoms with E-state index in [1.165, 1.54) is 5.01 Å². The first kappa shape index (κ1) is 16.0. The van der Waals surface area contributed by atoms with Gasteiger partial charge in [-0.3, -0.25) is 4.79 Å². The van der Waals surface area contributed by atoms with E-state index in [-0.39, 0.29) is 11.8 Å². The number of fused-ring (bicyclic) bond motifs is 3. The molecule has 2 heterocycles. The Morgan fingerprint density at radius 2 is 1.92 bits per heavy atom. The fourth-order valence-corrected chi connectivity index (χ4v) is 4.70. The predicted molar refractivity (Wildman–Crippen MR) is 100 cm³/mol. The topological polar surface area (TPSA) is 32.7 Å². The first-order valence-corrected chi connectivity index (χ1v) is 9.46. The third-order valence-corrected chi connectivity index (χ3v) is 6.13. The zero-order chi connectivity index (χ0) is 16.7. The summed E-state index contributed by atoms with van der Waals surface area (Å²) >= 11 is 14.1.